The Morgan fingerprint density at radius 3 is 2.50 bits per heavy atom. The molecule has 1 aliphatic heterocycles. The SMILES string of the molecule is CCC(=O)Nc1cccc(-c2ccc(C(N)=O)c3c2C=C(C2=CCN(S(C)(=O)=O)CC2)C3)c1C. The number of nitrogens with one attached hydrogen (secondary N) is 1. The number of hydrogen-bond donors (Lipinski definition) is 2. The standard InChI is InChI=1S/C26H29N3O4S/c1-4-25(30)28-24-7-5-6-19(16(24)2)20-8-9-21(26(27)31)23-15-18(14-22(20)23)17-10-12-29(13-11-17)34(3,32)33/h5-10,14H,4,11-13,15H2,1-3H3,(H2,27,31)(H,28,30). The first-order valence-corrected chi connectivity index (χ1v) is 13.2. The molecule has 0 saturated heterocycles. The molecule has 34 heavy (non-hydrogen) atoms. The number of sulfonamides is 1. The lowest BCUT2D eigenvalue weighted by Crippen LogP contribution is -2.34. The smallest absolute Gasteiger partial charge is 0.249 e. The summed E-state index contributed by atoms with van der Waals surface area (Å²) in [4.78, 5) is 24.2. The Labute approximate surface area is 200 Å². The van der Waals surface area contributed by atoms with Crippen molar-refractivity contribution < 1.29 is 18.0 Å². The topological polar surface area (TPSA) is 110 Å². The van der Waals surface area contributed by atoms with E-state index >= 15 is 0 Å². The molecular formula is C26H29N3O4S. The lowest BCUT2D eigenvalue weighted by Gasteiger charge is -2.24. The average molecular weight is 480 g/mol. The van der Waals surface area contributed by atoms with E-state index in [1.807, 2.05) is 44.2 Å². The summed E-state index contributed by atoms with van der Waals surface area (Å²) in [7, 11) is -3.23. The molecule has 0 aromatic heterocycles. The number of amides is 2. The van der Waals surface area contributed by atoms with Crippen LogP contribution in [0.1, 0.15) is 46.8 Å². The third-order valence-corrected chi connectivity index (χ3v) is 7.85. The lowest BCUT2D eigenvalue weighted by atomic mass is 9.90. The third kappa shape index (κ3) is 4.56. The van der Waals surface area contributed by atoms with Crippen molar-refractivity contribution in [3.63, 3.8) is 0 Å². The number of anilines is 1. The summed E-state index contributed by atoms with van der Waals surface area (Å²) in [5.41, 5.74) is 13.8. The summed E-state index contributed by atoms with van der Waals surface area (Å²) >= 11 is 0. The first-order valence-electron chi connectivity index (χ1n) is 11.3. The molecular weight excluding hydrogens is 450 g/mol. The van der Waals surface area contributed by atoms with Crippen LogP contribution in [0, 0.1) is 6.92 Å². The van der Waals surface area contributed by atoms with E-state index in [2.05, 4.69) is 11.4 Å². The van der Waals surface area contributed by atoms with Gasteiger partial charge in [-0.25, -0.2) is 8.42 Å². The number of nitrogens with zero attached hydrogens (tertiary/aromatic N) is 1. The minimum absolute atomic E-state index is 0.0517. The quantitative estimate of drug-likeness (QED) is 0.659. The van der Waals surface area contributed by atoms with Crippen LogP contribution in [0.2, 0.25) is 0 Å². The van der Waals surface area contributed by atoms with Gasteiger partial charge >= 0.3 is 0 Å². The Bertz CT molecular complexity index is 1360. The highest BCUT2D eigenvalue weighted by atomic mass is 32.2. The van der Waals surface area contributed by atoms with Crippen LogP contribution in [0.3, 0.4) is 0 Å². The normalized spacial score (nSPS) is 16.0. The van der Waals surface area contributed by atoms with Crippen molar-refractivity contribution in [2.45, 2.75) is 33.1 Å². The van der Waals surface area contributed by atoms with E-state index in [-0.39, 0.29) is 5.91 Å². The van der Waals surface area contributed by atoms with Crippen molar-refractivity contribution in [2.75, 3.05) is 24.7 Å². The van der Waals surface area contributed by atoms with E-state index in [1.54, 1.807) is 6.07 Å². The molecule has 0 radical (unpaired) electrons. The Hall–Kier alpha value is -3.23. The second-order valence-corrected chi connectivity index (χ2v) is 10.7. The van der Waals surface area contributed by atoms with Crippen molar-refractivity contribution >= 4 is 33.6 Å². The fraction of sp³-hybridized carbons (Fsp3) is 0.308. The van der Waals surface area contributed by atoms with Gasteiger partial charge in [0.1, 0.15) is 0 Å². The molecule has 2 amide bonds. The van der Waals surface area contributed by atoms with Gasteiger partial charge in [-0.05, 0) is 70.9 Å². The van der Waals surface area contributed by atoms with Crippen LogP contribution in [0.15, 0.2) is 47.6 Å². The maximum absolute atomic E-state index is 12.2. The molecule has 2 aromatic rings. The molecule has 7 nitrogen and oxygen atoms in total. The highest BCUT2D eigenvalue weighted by Crippen LogP contribution is 2.41. The number of carbonyl (C=O) groups excluding carboxylic acids is 2. The van der Waals surface area contributed by atoms with Crippen LogP contribution in [-0.2, 0) is 21.2 Å². The highest BCUT2D eigenvalue weighted by Gasteiger charge is 2.27. The molecule has 0 spiro atoms. The van der Waals surface area contributed by atoms with E-state index in [9.17, 15) is 18.0 Å². The Balaban J connectivity index is 1.77. The highest BCUT2D eigenvalue weighted by molar-refractivity contribution is 7.88. The average Bonchev–Trinajstić information content (AvgIpc) is 3.24. The fourth-order valence-corrected chi connectivity index (χ4v) is 5.42. The minimum Gasteiger partial charge on any atom is -0.366 e. The van der Waals surface area contributed by atoms with Crippen LogP contribution in [0.4, 0.5) is 5.69 Å². The van der Waals surface area contributed by atoms with Crippen LogP contribution < -0.4 is 11.1 Å². The van der Waals surface area contributed by atoms with Crippen LogP contribution in [0.25, 0.3) is 17.2 Å². The number of fused-ring (bicyclic) bond motifs is 1. The second-order valence-electron chi connectivity index (χ2n) is 8.74. The number of carbonyl (C=O) groups is 2. The number of nitrogens with two attached hydrogens (primary N) is 1. The molecule has 3 N–H and O–H groups in total. The van der Waals surface area contributed by atoms with Gasteiger partial charge in [0, 0.05) is 30.8 Å². The van der Waals surface area contributed by atoms with Gasteiger partial charge < -0.3 is 11.1 Å². The van der Waals surface area contributed by atoms with Gasteiger partial charge in [0.2, 0.25) is 21.8 Å². The molecule has 178 valence electrons. The number of primary amides is 1. The van der Waals surface area contributed by atoms with E-state index < -0.39 is 15.9 Å². The molecule has 1 aliphatic carbocycles. The van der Waals surface area contributed by atoms with Gasteiger partial charge in [-0.15, -0.1) is 0 Å². The predicted molar refractivity (Wildman–Crippen MR) is 135 cm³/mol. The van der Waals surface area contributed by atoms with Gasteiger partial charge in [0.25, 0.3) is 0 Å². The van der Waals surface area contributed by atoms with Gasteiger partial charge in [0.15, 0.2) is 0 Å². The maximum Gasteiger partial charge on any atom is 0.249 e. The van der Waals surface area contributed by atoms with E-state index in [0.29, 0.717) is 37.9 Å². The van der Waals surface area contributed by atoms with Crippen molar-refractivity contribution in [3.8, 4) is 11.1 Å². The van der Waals surface area contributed by atoms with Gasteiger partial charge in [-0.1, -0.05) is 37.3 Å². The summed E-state index contributed by atoms with van der Waals surface area (Å²) in [6.07, 6.45) is 6.85. The zero-order valence-corrected chi connectivity index (χ0v) is 20.5. The Morgan fingerprint density at radius 1 is 1.12 bits per heavy atom. The molecule has 0 atom stereocenters. The van der Waals surface area contributed by atoms with E-state index in [0.717, 1.165) is 44.7 Å². The van der Waals surface area contributed by atoms with Gasteiger partial charge in [0.05, 0.1) is 6.26 Å². The van der Waals surface area contributed by atoms with Crippen molar-refractivity contribution in [1.29, 1.82) is 0 Å². The first kappa shape index (κ1) is 23.9. The molecule has 0 bridgehead atoms. The molecule has 0 saturated carbocycles. The molecule has 0 unspecified atom stereocenters. The minimum atomic E-state index is -3.23. The summed E-state index contributed by atoms with van der Waals surface area (Å²) in [6.45, 7) is 4.56. The maximum atomic E-state index is 12.2. The molecule has 4 rings (SSSR count). The Morgan fingerprint density at radius 2 is 1.88 bits per heavy atom. The van der Waals surface area contributed by atoms with Gasteiger partial charge in [-0.3, -0.25) is 9.59 Å². The van der Waals surface area contributed by atoms with Crippen molar-refractivity contribution in [1.82, 2.24) is 4.31 Å². The summed E-state index contributed by atoms with van der Waals surface area (Å²) in [5.74, 6) is -0.525. The number of allylic oxidation sites excluding steroid dienone is 1. The third-order valence-electron chi connectivity index (χ3n) is 6.58. The van der Waals surface area contributed by atoms with Crippen LogP contribution >= 0.6 is 0 Å². The number of rotatable bonds is 6. The van der Waals surface area contributed by atoms with Crippen molar-refractivity contribution in [3.05, 3.63) is 69.8 Å². The lowest BCUT2D eigenvalue weighted by molar-refractivity contribution is -0.115. The largest absolute Gasteiger partial charge is 0.366 e. The fourth-order valence-electron chi connectivity index (χ4n) is 4.65. The molecule has 0 fully saturated rings. The summed E-state index contributed by atoms with van der Waals surface area (Å²) < 4.78 is 25.2. The molecule has 2 aromatic carbocycles. The monoisotopic (exact) mass is 479 g/mol. The van der Waals surface area contributed by atoms with Crippen LogP contribution in [0.5, 0.6) is 0 Å². The second kappa shape index (κ2) is 9.19. The zero-order chi connectivity index (χ0) is 24.6. The number of benzene rings is 2. The Kier molecular flexibility index (Phi) is 6.47. The summed E-state index contributed by atoms with van der Waals surface area (Å²) in [6, 6.07) is 9.47. The number of hydrogen-bond acceptors (Lipinski definition) is 4. The van der Waals surface area contributed by atoms with E-state index in [4.69, 9.17) is 5.73 Å². The molecule has 2 aliphatic rings. The zero-order valence-electron chi connectivity index (χ0n) is 19.6. The van der Waals surface area contributed by atoms with Crippen molar-refractivity contribution in [2.24, 2.45) is 5.73 Å². The van der Waals surface area contributed by atoms with Crippen LogP contribution in [-0.4, -0.2) is 43.9 Å². The molecule has 8 heteroatoms. The summed E-state index contributed by atoms with van der Waals surface area (Å²) in [5, 5.41) is 2.95. The predicted octanol–water partition coefficient (Wildman–Crippen LogP) is 3.64. The van der Waals surface area contributed by atoms with E-state index in [1.165, 1.54) is 10.6 Å². The molecule has 1 heterocycles. The van der Waals surface area contributed by atoms with Gasteiger partial charge in [-0.2, -0.15) is 4.31 Å². The first-order chi connectivity index (χ1) is 16.1.